The molecule has 0 saturated heterocycles. The Balaban J connectivity index is 1.77. The van der Waals surface area contributed by atoms with E-state index in [2.05, 4.69) is 24.3 Å². The summed E-state index contributed by atoms with van der Waals surface area (Å²) in [5, 5.41) is 7.99. The maximum atomic E-state index is 13.9. The number of para-hydroxylation sites is 2. The van der Waals surface area contributed by atoms with Crippen LogP contribution >= 0.6 is 11.6 Å². The summed E-state index contributed by atoms with van der Waals surface area (Å²) in [5.41, 5.74) is 1.85. The van der Waals surface area contributed by atoms with Gasteiger partial charge in [0.25, 0.3) is 0 Å². The first-order valence-corrected chi connectivity index (χ1v) is 10.4. The molecule has 30 heavy (non-hydrogen) atoms. The third-order valence-electron chi connectivity index (χ3n) is 5.79. The molecule has 152 valence electrons. The molecule has 0 unspecified atom stereocenters. The number of amides is 2. The van der Waals surface area contributed by atoms with Gasteiger partial charge < -0.3 is 10.2 Å². The zero-order valence-electron chi connectivity index (χ0n) is 16.7. The van der Waals surface area contributed by atoms with Gasteiger partial charge in [-0.1, -0.05) is 55.8 Å². The first-order chi connectivity index (χ1) is 14.4. The van der Waals surface area contributed by atoms with Crippen molar-refractivity contribution in [2.75, 3.05) is 16.8 Å². The molecule has 6 nitrogen and oxygen atoms in total. The summed E-state index contributed by atoms with van der Waals surface area (Å²) < 4.78 is 1.68. The second-order valence-corrected chi connectivity index (χ2v) is 8.64. The third-order valence-corrected chi connectivity index (χ3v) is 6.09. The predicted octanol–water partition coefficient (Wildman–Crippen LogP) is 4.16. The van der Waals surface area contributed by atoms with Crippen LogP contribution in [0.5, 0.6) is 0 Å². The first-order valence-electron chi connectivity index (χ1n) is 9.98. The molecular weight excluding hydrogens is 400 g/mol. The van der Waals surface area contributed by atoms with Crippen LogP contribution in [0.1, 0.15) is 31.4 Å². The van der Waals surface area contributed by atoms with Gasteiger partial charge in [0.1, 0.15) is 11.2 Å². The molecule has 2 amide bonds. The maximum Gasteiger partial charge on any atom is 0.242 e. The number of hydrogen-bond donors (Lipinski definition) is 1. The number of halogens is 1. The average Bonchev–Trinajstić information content (AvgIpc) is 3.24. The van der Waals surface area contributed by atoms with Gasteiger partial charge in [0.05, 0.1) is 22.6 Å². The summed E-state index contributed by atoms with van der Waals surface area (Å²) in [7, 11) is 0. The van der Waals surface area contributed by atoms with Gasteiger partial charge in [-0.25, -0.2) is 4.68 Å². The Morgan fingerprint density at radius 3 is 2.60 bits per heavy atom. The molecule has 0 fully saturated rings. The molecule has 0 bridgehead atoms. The molecule has 3 heterocycles. The number of benzene rings is 2. The Kier molecular flexibility index (Phi) is 4.22. The van der Waals surface area contributed by atoms with Gasteiger partial charge in [-0.3, -0.25) is 9.59 Å². The van der Waals surface area contributed by atoms with Crippen LogP contribution in [0.25, 0.3) is 5.69 Å². The van der Waals surface area contributed by atoms with E-state index >= 15 is 0 Å². The molecule has 1 N–H and O–H groups in total. The van der Waals surface area contributed by atoms with Crippen LogP contribution in [-0.2, 0) is 15.0 Å². The van der Waals surface area contributed by atoms with Gasteiger partial charge in [-0.2, -0.15) is 5.10 Å². The Labute approximate surface area is 179 Å². The minimum absolute atomic E-state index is 0.0290. The van der Waals surface area contributed by atoms with Crippen molar-refractivity contribution in [3.63, 3.8) is 0 Å². The Hall–Kier alpha value is -3.12. The maximum absolute atomic E-state index is 13.9. The number of nitrogens with zero attached hydrogens (tertiary/aromatic N) is 3. The quantitative estimate of drug-likeness (QED) is 0.691. The predicted molar refractivity (Wildman–Crippen MR) is 116 cm³/mol. The van der Waals surface area contributed by atoms with E-state index in [-0.39, 0.29) is 24.2 Å². The van der Waals surface area contributed by atoms with Crippen LogP contribution in [0.2, 0.25) is 5.02 Å². The molecule has 2 aliphatic heterocycles. The van der Waals surface area contributed by atoms with Crippen molar-refractivity contribution in [3.8, 4) is 5.69 Å². The fourth-order valence-electron chi connectivity index (χ4n) is 4.61. The largest absolute Gasteiger partial charge is 0.310 e. The molecule has 0 aliphatic carbocycles. The monoisotopic (exact) mass is 420 g/mol. The minimum Gasteiger partial charge on any atom is -0.310 e. The van der Waals surface area contributed by atoms with Crippen LogP contribution < -0.4 is 10.2 Å². The SMILES string of the molecule is CC(C)CN1C(=O)[C@@]2(CC(=O)Nc3c2cnn3-c2ccccc2)c2cccc(Cl)c21. The van der Waals surface area contributed by atoms with E-state index in [1.54, 1.807) is 21.8 Å². The number of carbonyl (C=O) groups is 2. The second kappa shape index (κ2) is 6.71. The van der Waals surface area contributed by atoms with Crippen LogP contribution in [-0.4, -0.2) is 28.1 Å². The van der Waals surface area contributed by atoms with Gasteiger partial charge in [0.15, 0.2) is 0 Å². The molecule has 2 aromatic carbocycles. The zero-order chi connectivity index (χ0) is 21.0. The lowest BCUT2D eigenvalue weighted by Crippen LogP contribution is -2.47. The summed E-state index contributed by atoms with van der Waals surface area (Å²) in [4.78, 5) is 28.6. The molecule has 3 aromatic rings. The summed E-state index contributed by atoms with van der Waals surface area (Å²) in [6.45, 7) is 4.64. The molecular formula is C23H21ClN4O2. The van der Waals surface area contributed by atoms with Crippen LogP contribution in [0.15, 0.2) is 54.7 Å². The van der Waals surface area contributed by atoms with Crippen molar-refractivity contribution in [3.05, 3.63) is 70.9 Å². The summed E-state index contributed by atoms with van der Waals surface area (Å²) >= 11 is 6.56. The standard InChI is InChI=1S/C23H21ClN4O2/c1-14(2)13-27-20-16(9-6-10-18(20)24)23(22(27)30)11-19(29)26-21-17(23)12-25-28(21)15-7-4-3-5-8-15/h3-10,12,14H,11,13H2,1-2H3,(H,26,29)/t23-/m0/s1. The highest BCUT2D eigenvalue weighted by Gasteiger charge is 2.57. The number of rotatable bonds is 3. The van der Waals surface area contributed by atoms with E-state index < -0.39 is 5.41 Å². The highest BCUT2D eigenvalue weighted by molar-refractivity contribution is 6.35. The lowest BCUT2D eigenvalue weighted by Gasteiger charge is -2.32. The van der Waals surface area contributed by atoms with Crippen molar-refractivity contribution < 1.29 is 9.59 Å². The number of nitrogens with one attached hydrogen (secondary N) is 1. The molecule has 1 aromatic heterocycles. The van der Waals surface area contributed by atoms with Crippen LogP contribution in [0.3, 0.4) is 0 Å². The van der Waals surface area contributed by atoms with Crippen molar-refractivity contribution in [1.82, 2.24) is 9.78 Å². The zero-order valence-corrected chi connectivity index (χ0v) is 17.5. The first kappa shape index (κ1) is 18.9. The number of anilines is 2. The van der Waals surface area contributed by atoms with Crippen molar-refractivity contribution in [1.29, 1.82) is 0 Å². The Bertz CT molecular complexity index is 1170. The van der Waals surface area contributed by atoms with E-state index in [0.29, 0.717) is 28.6 Å². The molecule has 5 rings (SSSR count). The Morgan fingerprint density at radius 2 is 1.87 bits per heavy atom. The van der Waals surface area contributed by atoms with E-state index in [4.69, 9.17) is 11.6 Å². The summed E-state index contributed by atoms with van der Waals surface area (Å²) in [6, 6.07) is 15.1. The molecule has 7 heteroatoms. The highest BCUT2D eigenvalue weighted by atomic mass is 35.5. The smallest absolute Gasteiger partial charge is 0.242 e. The van der Waals surface area contributed by atoms with Crippen molar-refractivity contribution in [2.45, 2.75) is 25.7 Å². The minimum atomic E-state index is -1.13. The normalized spacial score (nSPS) is 19.9. The van der Waals surface area contributed by atoms with Gasteiger partial charge >= 0.3 is 0 Å². The van der Waals surface area contributed by atoms with E-state index in [1.807, 2.05) is 42.5 Å². The van der Waals surface area contributed by atoms with Gasteiger partial charge in [0, 0.05) is 18.5 Å². The van der Waals surface area contributed by atoms with Gasteiger partial charge in [-0.15, -0.1) is 0 Å². The fraction of sp³-hybridized carbons (Fsp3) is 0.261. The number of fused-ring (bicyclic) bond motifs is 4. The van der Waals surface area contributed by atoms with Gasteiger partial charge in [0.2, 0.25) is 11.8 Å². The average molecular weight is 421 g/mol. The molecule has 1 spiro atoms. The molecule has 0 saturated carbocycles. The molecule has 0 radical (unpaired) electrons. The lowest BCUT2D eigenvalue weighted by atomic mass is 9.72. The molecule has 2 aliphatic rings. The van der Waals surface area contributed by atoms with E-state index in [1.165, 1.54) is 0 Å². The van der Waals surface area contributed by atoms with Crippen molar-refractivity contribution in [2.24, 2.45) is 5.92 Å². The fourth-order valence-corrected chi connectivity index (χ4v) is 4.89. The van der Waals surface area contributed by atoms with E-state index in [0.717, 1.165) is 11.3 Å². The second-order valence-electron chi connectivity index (χ2n) is 8.23. The Morgan fingerprint density at radius 1 is 1.10 bits per heavy atom. The van der Waals surface area contributed by atoms with Crippen LogP contribution in [0.4, 0.5) is 11.5 Å². The number of aromatic nitrogens is 2. The van der Waals surface area contributed by atoms with Crippen LogP contribution in [0, 0.1) is 5.92 Å². The third kappa shape index (κ3) is 2.53. The van der Waals surface area contributed by atoms with Crippen molar-refractivity contribution >= 4 is 34.9 Å². The number of hydrogen-bond acceptors (Lipinski definition) is 3. The summed E-state index contributed by atoms with van der Waals surface area (Å²) in [6.07, 6.45) is 1.73. The topological polar surface area (TPSA) is 67.2 Å². The lowest BCUT2D eigenvalue weighted by molar-refractivity contribution is -0.126. The summed E-state index contributed by atoms with van der Waals surface area (Å²) in [5.74, 6) is 0.439. The highest BCUT2D eigenvalue weighted by Crippen LogP contribution is 2.54. The number of carbonyl (C=O) groups excluding carboxylic acids is 2. The molecule has 1 atom stereocenters. The van der Waals surface area contributed by atoms with E-state index in [9.17, 15) is 9.59 Å². The van der Waals surface area contributed by atoms with Gasteiger partial charge in [-0.05, 0) is 29.7 Å².